The number of carbonyl (C=O) groups excluding carboxylic acids is 1. The van der Waals surface area contributed by atoms with Gasteiger partial charge in [-0.05, 0) is 55.9 Å². The van der Waals surface area contributed by atoms with Crippen LogP contribution in [-0.2, 0) is 14.0 Å². The summed E-state index contributed by atoms with van der Waals surface area (Å²) in [5, 5.41) is 15.5. The van der Waals surface area contributed by atoms with Gasteiger partial charge in [0.25, 0.3) is 8.32 Å². The largest absolute Gasteiger partial charge is 0.541 e. The van der Waals surface area contributed by atoms with Crippen molar-refractivity contribution in [1.82, 2.24) is 5.32 Å². The highest BCUT2D eigenvalue weighted by Gasteiger charge is 2.76. The Bertz CT molecular complexity index is 797. The van der Waals surface area contributed by atoms with E-state index in [0.29, 0.717) is 12.8 Å². The lowest BCUT2D eigenvalue weighted by atomic mass is 9.44. The Labute approximate surface area is 168 Å². The van der Waals surface area contributed by atoms with Gasteiger partial charge in [0.2, 0.25) is 0 Å². The summed E-state index contributed by atoms with van der Waals surface area (Å²) in [6, 6.07) is 0.0357. The molecule has 2 unspecified atom stereocenters. The molecule has 6 heteroatoms. The second kappa shape index (κ2) is 5.52. The van der Waals surface area contributed by atoms with Crippen LogP contribution in [0.25, 0.3) is 0 Å². The van der Waals surface area contributed by atoms with E-state index >= 15 is 0 Å². The van der Waals surface area contributed by atoms with Crippen LogP contribution in [0.4, 0.5) is 0 Å². The molecule has 0 aromatic heterocycles. The second-order valence-electron chi connectivity index (χ2n) is 11.0. The molecule has 5 nitrogen and oxygen atoms in total. The van der Waals surface area contributed by atoms with Gasteiger partial charge in [0.1, 0.15) is 11.5 Å². The summed E-state index contributed by atoms with van der Waals surface area (Å²) in [5.41, 5.74) is -1.39. The van der Waals surface area contributed by atoms with Crippen molar-refractivity contribution in [1.29, 1.82) is 0 Å². The second-order valence-corrected chi connectivity index (χ2v) is 15.7. The zero-order valence-corrected chi connectivity index (χ0v) is 18.7. The lowest BCUT2D eigenvalue weighted by Gasteiger charge is -2.63. The predicted octanol–water partition coefficient (Wildman–Crippen LogP) is 3.27. The monoisotopic (exact) mass is 403 g/mol. The summed E-state index contributed by atoms with van der Waals surface area (Å²) < 4.78 is 13.1. The average molecular weight is 404 g/mol. The third-order valence-corrected chi connectivity index (χ3v) is 13.1. The van der Waals surface area contributed by atoms with E-state index in [2.05, 4.69) is 51.3 Å². The maximum atomic E-state index is 13.0. The molecule has 2 saturated carbocycles. The van der Waals surface area contributed by atoms with E-state index in [1.54, 1.807) is 0 Å². The van der Waals surface area contributed by atoms with Crippen molar-refractivity contribution >= 4 is 14.1 Å². The molecule has 0 radical (unpaired) electrons. The van der Waals surface area contributed by atoms with Crippen LogP contribution in [0, 0.1) is 17.3 Å². The summed E-state index contributed by atoms with van der Waals surface area (Å²) in [7, 11) is -2.04. The highest BCUT2D eigenvalue weighted by atomic mass is 28.4. The molecule has 3 aliphatic carbocycles. The number of ether oxygens (including phenoxy) is 1. The molecule has 0 aromatic carbocycles. The van der Waals surface area contributed by atoms with Crippen molar-refractivity contribution in [3.8, 4) is 0 Å². The van der Waals surface area contributed by atoms with Crippen LogP contribution in [-0.4, -0.2) is 43.5 Å². The Kier molecular flexibility index (Phi) is 3.72. The summed E-state index contributed by atoms with van der Waals surface area (Å²) in [6.07, 6.45) is 6.41. The van der Waals surface area contributed by atoms with Gasteiger partial charge in [0.05, 0.1) is 11.0 Å². The Morgan fingerprint density at radius 1 is 1.32 bits per heavy atom. The van der Waals surface area contributed by atoms with Crippen molar-refractivity contribution in [3.63, 3.8) is 0 Å². The van der Waals surface area contributed by atoms with Crippen molar-refractivity contribution in [2.45, 2.75) is 82.3 Å². The minimum absolute atomic E-state index is 0.0357. The molecular weight excluding hydrogens is 370 g/mol. The maximum Gasteiger partial charge on any atom is 0.250 e. The van der Waals surface area contributed by atoms with Crippen molar-refractivity contribution in [2.75, 3.05) is 6.54 Å². The highest BCUT2D eigenvalue weighted by molar-refractivity contribution is 6.74. The van der Waals surface area contributed by atoms with Crippen molar-refractivity contribution in [2.24, 2.45) is 17.3 Å². The van der Waals surface area contributed by atoms with Crippen LogP contribution in [0.3, 0.4) is 0 Å². The topological polar surface area (TPSA) is 67.8 Å². The normalized spacial score (nSPS) is 44.3. The predicted molar refractivity (Wildman–Crippen MR) is 109 cm³/mol. The van der Waals surface area contributed by atoms with Gasteiger partial charge in [0, 0.05) is 18.4 Å². The maximum absolute atomic E-state index is 13.0. The molecule has 28 heavy (non-hydrogen) atoms. The quantitative estimate of drug-likeness (QED) is 0.693. The Hall–Kier alpha value is -1.11. The number of nitrogens with one attached hydrogen (secondary N) is 1. The third-order valence-electron chi connectivity index (χ3n) is 8.75. The number of aliphatic hydroxyl groups is 1. The van der Waals surface area contributed by atoms with Gasteiger partial charge in [-0.2, -0.15) is 0 Å². The number of ketones is 1. The highest BCUT2D eigenvalue weighted by Crippen LogP contribution is 2.68. The summed E-state index contributed by atoms with van der Waals surface area (Å²) in [4.78, 5) is 13.0. The first-order valence-electron chi connectivity index (χ1n) is 10.8. The molecule has 2 N–H and O–H groups in total. The van der Waals surface area contributed by atoms with Gasteiger partial charge in [-0.25, -0.2) is 0 Å². The van der Waals surface area contributed by atoms with E-state index in [1.807, 2.05) is 0 Å². The Balaban J connectivity index is 1.64. The van der Waals surface area contributed by atoms with Crippen molar-refractivity contribution in [3.05, 3.63) is 23.7 Å². The summed E-state index contributed by atoms with van der Waals surface area (Å²) in [5.74, 6) is 2.14. The lowest BCUT2D eigenvalue weighted by molar-refractivity contribution is -0.216. The molecule has 2 heterocycles. The van der Waals surface area contributed by atoms with Gasteiger partial charge < -0.3 is 19.6 Å². The van der Waals surface area contributed by atoms with Crippen LogP contribution >= 0.6 is 0 Å². The molecule has 0 aromatic rings. The number of carbonyl (C=O) groups is 1. The van der Waals surface area contributed by atoms with E-state index in [-0.39, 0.29) is 28.7 Å². The summed E-state index contributed by atoms with van der Waals surface area (Å²) >= 11 is 0. The van der Waals surface area contributed by atoms with E-state index in [1.165, 1.54) is 0 Å². The zero-order chi connectivity index (χ0) is 20.1. The SMILES string of the molecule is CC(C)(C)[Si](C)(C)OC1=C2O[C@H]3C(=O)CC[C@@]4(O)[C@H]5CC(C=C1)C2[C@@]34CCN5. The van der Waals surface area contributed by atoms with Crippen molar-refractivity contribution < 1.29 is 19.1 Å². The zero-order valence-electron chi connectivity index (χ0n) is 17.7. The fourth-order valence-electron chi connectivity index (χ4n) is 6.32. The molecule has 2 aliphatic heterocycles. The van der Waals surface area contributed by atoms with Gasteiger partial charge in [-0.15, -0.1) is 0 Å². The molecule has 2 bridgehead atoms. The smallest absolute Gasteiger partial charge is 0.250 e. The minimum Gasteiger partial charge on any atom is -0.541 e. The number of Topliss-reactive ketones (excluding diaryl/α,β-unsaturated/α-hetero) is 1. The summed E-state index contributed by atoms with van der Waals surface area (Å²) in [6.45, 7) is 12.0. The Morgan fingerprint density at radius 3 is 2.79 bits per heavy atom. The number of allylic oxidation sites excluding steroid dienone is 3. The first-order valence-corrected chi connectivity index (χ1v) is 13.7. The number of hydrogen-bond acceptors (Lipinski definition) is 5. The van der Waals surface area contributed by atoms with Crippen LogP contribution in [0.1, 0.15) is 46.5 Å². The fraction of sp³-hybridized carbons (Fsp3) is 0.773. The van der Waals surface area contributed by atoms with Crippen LogP contribution in [0.15, 0.2) is 23.7 Å². The van der Waals surface area contributed by atoms with Crippen LogP contribution < -0.4 is 5.32 Å². The molecular formula is C22H33NO4Si. The Morgan fingerprint density at radius 2 is 2.07 bits per heavy atom. The van der Waals surface area contributed by atoms with Gasteiger partial charge in [0.15, 0.2) is 11.9 Å². The number of piperidine rings is 1. The first kappa shape index (κ1) is 18.9. The van der Waals surface area contributed by atoms with Crippen LogP contribution in [0.5, 0.6) is 0 Å². The lowest BCUT2D eigenvalue weighted by Crippen LogP contribution is -2.76. The number of hydrogen-bond donors (Lipinski definition) is 2. The van der Waals surface area contributed by atoms with Crippen LogP contribution in [0.2, 0.25) is 18.1 Å². The van der Waals surface area contributed by atoms with E-state index in [4.69, 9.17) is 9.16 Å². The third kappa shape index (κ3) is 2.12. The molecule has 6 atom stereocenters. The molecule has 154 valence electrons. The molecule has 5 aliphatic rings. The molecule has 2 saturated heterocycles. The molecule has 4 fully saturated rings. The van der Waals surface area contributed by atoms with Gasteiger partial charge in [-0.1, -0.05) is 26.8 Å². The molecule has 5 rings (SSSR count). The van der Waals surface area contributed by atoms with E-state index < -0.39 is 25.4 Å². The molecule has 1 spiro atoms. The average Bonchev–Trinajstić information content (AvgIpc) is 2.93. The van der Waals surface area contributed by atoms with Gasteiger partial charge >= 0.3 is 0 Å². The minimum atomic E-state index is -2.04. The van der Waals surface area contributed by atoms with Gasteiger partial charge in [-0.3, -0.25) is 4.79 Å². The molecule has 0 amide bonds. The first-order chi connectivity index (χ1) is 13.0. The van der Waals surface area contributed by atoms with E-state index in [9.17, 15) is 9.90 Å². The standard InChI is InChI=1S/C22H33NO4Si/c1-20(2,3)28(4,5)27-15-7-6-13-12-16-22(25)9-8-14(24)19-21(22,10-11-23-16)17(13)18(15)26-19/h6-7,13,16-17,19,23,25H,8-12H2,1-5H3/t13?,16-,17?,19+,21+,22-/m1/s1. The van der Waals surface area contributed by atoms with E-state index in [0.717, 1.165) is 30.9 Å². The fourth-order valence-corrected chi connectivity index (χ4v) is 7.35. The number of rotatable bonds is 2.